The summed E-state index contributed by atoms with van der Waals surface area (Å²) in [5.41, 5.74) is 1.41. The fourth-order valence-corrected chi connectivity index (χ4v) is 4.17. The third kappa shape index (κ3) is 4.54. The van der Waals surface area contributed by atoms with Gasteiger partial charge in [-0.3, -0.25) is 0 Å². The highest BCUT2D eigenvalue weighted by Gasteiger charge is 2.24. The first kappa shape index (κ1) is 14.9. The van der Waals surface area contributed by atoms with Gasteiger partial charge in [-0.25, -0.2) is 0 Å². The molecule has 1 atom stereocenters. The van der Waals surface area contributed by atoms with Crippen molar-refractivity contribution in [2.75, 3.05) is 12.3 Å². The molecule has 2 rings (SSSR count). The second-order valence-corrected chi connectivity index (χ2v) is 6.74. The predicted molar refractivity (Wildman–Crippen MR) is 85.9 cm³/mol. The van der Waals surface area contributed by atoms with Gasteiger partial charge in [-0.1, -0.05) is 38.0 Å². The zero-order valence-corrected chi connectivity index (χ0v) is 13.1. The summed E-state index contributed by atoms with van der Waals surface area (Å²) in [6, 6.07) is 9.45. The van der Waals surface area contributed by atoms with Crippen LogP contribution in [0.1, 0.15) is 44.6 Å². The van der Waals surface area contributed by atoms with Gasteiger partial charge in [0.15, 0.2) is 0 Å². The van der Waals surface area contributed by atoms with Gasteiger partial charge in [0.1, 0.15) is 0 Å². The van der Waals surface area contributed by atoms with E-state index in [1.807, 2.05) is 11.8 Å². The maximum absolute atomic E-state index is 3.78. The highest BCUT2D eigenvalue weighted by Crippen LogP contribution is 2.31. The summed E-state index contributed by atoms with van der Waals surface area (Å²) in [6.45, 7) is 5.63. The van der Waals surface area contributed by atoms with Gasteiger partial charge in [-0.05, 0) is 50.3 Å². The SMILES string of the molecule is CCCNC(CSc1ccccc1C)C1CCCC1. The van der Waals surface area contributed by atoms with Crippen LogP contribution >= 0.6 is 11.8 Å². The lowest BCUT2D eigenvalue weighted by Gasteiger charge is -2.24. The van der Waals surface area contributed by atoms with E-state index in [1.54, 1.807) is 0 Å². The minimum absolute atomic E-state index is 0.701. The van der Waals surface area contributed by atoms with Crippen molar-refractivity contribution >= 4 is 11.8 Å². The summed E-state index contributed by atoms with van der Waals surface area (Å²) < 4.78 is 0. The van der Waals surface area contributed by atoms with Gasteiger partial charge < -0.3 is 5.32 Å². The molecule has 0 amide bonds. The fourth-order valence-electron chi connectivity index (χ4n) is 2.95. The molecule has 19 heavy (non-hydrogen) atoms. The van der Waals surface area contributed by atoms with Crippen LogP contribution in [0.25, 0.3) is 0 Å². The van der Waals surface area contributed by atoms with E-state index in [9.17, 15) is 0 Å². The average Bonchev–Trinajstić information content (AvgIpc) is 2.94. The highest BCUT2D eigenvalue weighted by molar-refractivity contribution is 7.99. The van der Waals surface area contributed by atoms with Crippen LogP contribution in [0, 0.1) is 12.8 Å². The quantitative estimate of drug-likeness (QED) is 0.728. The Hall–Kier alpha value is -0.470. The first-order chi connectivity index (χ1) is 9.31. The second kappa shape index (κ2) is 7.96. The minimum Gasteiger partial charge on any atom is -0.313 e. The molecule has 1 unspecified atom stereocenters. The van der Waals surface area contributed by atoms with Crippen LogP contribution in [-0.4, -0.2) is 18.3 Å². The van der Waals surface area contributed by atoms with Crippen molar-refractivity contribution in [2.24, 2.45) is 5.92 Å². The Labute approximate surface area is 122 Å². The number of aryl methyl sites for hydroxylation is 1. The van der Waals surface area contributed by atoms with Crippen molar-refractivity contribution in [3.05, 3.63) is 29.8 Å². The van der Waals surface area contributed by atoms with Crippen LogP contribution in [0.5, 0.6) is 0 Å². The van der Waals surface area contributed by atoms with Gasteiger partial charge in [0.25, 0.3) is 0 Å². The third-order valence-corrected chi connectivity index (χ3v) is 5.43. The topological polar surface area (TPSA) is 12.0 Å². The van der Waals surface area contributed by atoms with Crippen molar-refractivity contribution in [2.45, 2.75) is 56.9 Å². The van der Waals surface area contributed by atoms with Crippen molar-refractivity contribution < 1.29 is 0 Å². The Morgan fingerprint density at radius 3 is 2.68 bits per heavy atom. The molecule has 2 heteroatoms. The van der Waals surface area contributed by atoms with Gasteiger partial charge in [0, 0.05) is 16.7 Å². The zero-order chi connectivity index (χ0) is 13.5. The Bertz CT molecular complexity index is 371. The molecule has 106 valence electrons. The summed E-state index contributed by atoms with van der Waals surface area (Å²) in [4.78, 5) is 1.45. The van der Waals surface area contributed by atoms with Crippen LogP contribution in [-0.2, 0) is 0 Å². The largest absolute Gasteiger partial charge is 0.313 e. The molecule has 1 nitrogen and oxygen atoms in total. The summed E-state index contributed by atoms with van der Waals surface area (Å²) in [7, 11) is 0. The molecule has 0 heterocycles. The molecule has 0 spiro atoms. The molecule has 1 fully saturated rings. The molecule has 0 saturated heterocycles. The summed E-state index contributed by atoms with van der Waals surface area (Å²) in [6.07, 6.45) is 6.96. The van der Waals surface area contributed by atoms with Crippen LogP contribution in [0.15, 0.2) is 29.2 Å². The lowest BCUT2D eigenvalue weighted by Crippen LogP contribution is -2.37. The smallest absolute Gasteiger partial charge is 0.0189 e. The van der Waals surface area contributed by atoms with Crippen LogP contribution in [0.4, 0.5) is 0 Å². The molecule has 0 bridgehead atoms. The number of nitrogens with one attached hydrogen (secondary N) is 1. The molecular formula is C17H27NS. The van der Waals surface area contributed by atoms with Gasteiger partial charge in [0.2, 0.25) is 0 Å². The van der Waals surface area contributed by atoms with E-state index in [-0.39, 0.29) is 0 Å². The maximum Gasteiger partial charge on any atom is 0.0189 e. The van der Waals surface area contributed by atoms with E-state index in [1.165, 1.54) is 48.3 Å². The molecule has 0 aromatic heterocycles. The first-order valence-corrected chi connectivity index (χ1v) is 8.71. The van der Waals surface area contributed by atoms with Crippen molar-refractivity contribution in [1.29, 1.82) is 0 Å². The predicted octanol–water partition coefficient (Wildman–Crippen LogP) is 4.65. The van der Waals surface area contributed by atoms with Gasteiger partial charge in [-0.15, -0.1) is 11.8 Å². The van der Waals surface area contributed by atoms with Crippen LogP contribution in [0.2, 0.25) is 0 Å². The summed E-state index contributed by atoms with van der Waals surface area (Å²) in [5, 5.41) is 3.78. The number of thioether (sulfide) groups is 1. The fraction of sp³-hybridized carbons (Fsp3) is 0.647. The Morgan fingerprint density at radius 2 is 2.00 bits per heavy atom. The Morgan fingerprint density at radius 1 is 1.26 bits per heavy atom. The van der Waals surface area contributed by atoms with E-state index in [0.717, 1.165) is 12.5 Å². The Kier molecular flexibility index (Phi) is 6.25. The summed E-state index contributed by atoms with van der Waals surface area (Å²) in [5.74, 6) is 2.12. The number of rotatable bonds is 7. The number of hydrogen-bond donors (Lipinski definition) is 1. The molecule has 0 aliphatic heterocycles. The lowest BCUT2D eigenvalue weighted by atomic mass is 10.00. The van der Waals surface area contributed by atoms with E-state index in [4.69, 9.17) is 0 Å². The minimum atomic E-state index is 0.701. The standard InChI is InChI=1S/C17H27NS/c1-3-12-18-16(15-9-5-6-10-15)13-19-17-11-7-4-8-14(17)2/h4,7-8,11,15-16,18H,3,5-6,9-10,12-13H2,1-2H3. The molecule has 1 aliphatic rings. The first-order valence-electron chi connectivity index (χ1n) is 7.73. The normalized spacial score (nSPS) is 17.8. The van der Waals surface area contributed by atoms with Gasteiger partial charge >= 0.3 is 0 Å². The third-order valence-electron chi connectivity index (χ3n) is 4.14. The van der Waals surface area contributed by atoms with Crippen LogP contribution < -0.4 is 5.32 Å². The average molecular weight is 277 g/mol. The number of hydrogen-bond acceptors (Lipinski definition) is 2. The van der Waals surface area contributed by atoms with E-state index >= 15 is 0 Å². The molecule has 1 aromatic rings. The molecule has 1 N–H and O–H groups in total. The maximum atomic E-state index is 3.78. The van der Waals surface area contributed by atoms with Crippen molar-refractivity contribution in [3.63, 3.8) is 0 Å². The van der Waals surface area contributed by atoms with Gasteiger partial charge in [0.05, 0.1) is 0 Å². The van der Waals surface area contributed by atoms with Gasteiger partial charge in [-0.2, -0.15) is 0 Å². The van der Waals surface area contributed by atoms with E-state index in [0.29, 0.717) is 6.04 Å². The van der Waals surface area contributed by atoms with E-state index < -0.39 is 0 Å². The molecule has 1 saturated carbocycles. The number of benzene rings is 1. The lowest BCUT2D eigenvalue weighted by molar-refractivity contribution is 0.388. The summed E-state index contributed by atoms with van der Waals surface area (Å²) >= 11 is 2.03. The molecule has 1 aromatic carbocycles. The molecule has 1 aliphatic carbocycles. The van der Waals surface area contributed by atoms with Crippen molar-refractivity contribution in [1.82, 2.24) is 5.32 Å². The van der Waals surface area contributed by atoms with Crippen LogP contribution in [0.3, 0.4) is 0 Å². The zero-order valence-electron chi connectivity index (χ0n) is 12.3. The Balaban J connectivity index is 1.90. The second-order valence-electron chi connectivity index (χ2n) is 5.68. The molecule has 0 radical (unpaired) electrons. The van der Waals surface area contributed by atoms with Crippen molar-refractivity contribution in [3.8, 4) is 0 Å². The molecular weight excluding hydrogens is 250 g/mol. The van der Waals surface area contributed by atoms with E-state index in [2.05, 4.69) is 43.4 Å². The monoisotopic (exact) mass is 277 g/mol. The highest BCUT2D eigenvalue weighted by atomic mass is 32.2.